The van der Waals surface area contributed by atoms with Crippen LogP contribution in [0.15, 0.2) is 0 Å². The van der Waals surface area contributed by atoms with Crippen LogP contribution in [-0.4, -0.2) is 52.8 Å². The van der Waals surface area contributed by atoms with Crippen molar-refractivity contribution in [1.29, 1.82) is 0 Å². The highest BCUT2D eigenvalue weighted by atomic mass is 127. The van der Waals surface area contributed by atoms with Gasteiger partial charge in [-0.3, -0.25) is 9.59 Å². The summed E-state index contributed by atoms with van der Waals surface area (Å²) < 4.78 is 8.42. The average Bonchev–Trinajstić information content (AvgIpc) is 2.25. The molecule has 1 amide bonds. The first kappa shape index (κ1) is 13.9. The number of ether oxygens (including phenoxy) is 2. The maximum atomic E-state index is 11.6. The van der Waals surface area contributed by atoms with E-state index in [2.05, 4.69) is 9.47 Å². The first-order valence-electron chi connectivity index (χ1n) is 4.61. The number of hydrogen-bond donors (Lipinski definition) is 0. The SMILES string of the molecule is COC(=O)C(=O)N1[C@H](C(=O)I)C[C@H]1C(=O)OC. The summed E-state index contributed by atoms with van der Waals surface area (Å²) >= 11 is 1.51. The Hall–Kier alpha value is -1.19. The molecular weight excluding hydrogens is 345 g/mol. The Morgan fingerprint density at radius 2 is 1.71 bits per heavy atom. The summed E-state index contributed by atoms with van der Waals surface area (Å²) in [7, 11) is 2.22. The summed E-state index contributed by atoms with van der Waals surface area (Å²) in [5.74, 6) is -2.78. The van der Waals surface area contributed by atoms with Crippen LogP contribution >= 0.6 is 22.6 Å². The molecule has 0 aromatic rings. The smallest absolute Gasteiger partial charge is 0.396 e. The second kappa shape index (κ2) is 5.43. The Labute approximate surface area is 111 Å². The molecule has 0 spiro atoms. The predicted octanol–water partition coefficient (Wildman–Crippen LogP) is -0.737. The highest BCUT2D eigenvalue weighted by Crippen LogP contribution is 2.29. The van der Waals surface area contributed by atoms with E-state index >= 15 is 0 Å². The molecule has 1 rings (SSSR count). The van der Waals surface area contributed by atoms with Gasteiger partial charge in [0.1, 0.15) is 12.1 Å². The Bertz CT molecular complexity index is 382. The fourth-order valence-corrected chi connectivity index (χ4v) is 2.10. The second-order valence-corrected chi connectivity index (χ2v) is 4.36. The van der Waals surface area contributed by atoms with E-state index in [4.69, 9.17) is 0 Å². The maximum Gasteiger partial charge on any atom is 0.396 e. The first-order chi connectivity index (χ1) is 7.93. The van der Waals surface area contributed by atoms with Gasteiger partial charge in [0.25, 0.3) is 0 Å². The first-order valence-corrected chi connectivity index (χ1v) is 5.69. The van der Waals surface area contributed by atoms with Gasteiger partial charge in [-0.15, -0.1) is 0 Å². The van der Waals surface area contributed by atoms with Crippen molar-refractivity contribution >= 4 is 44.2 Å². The van der Waals surface area contributed by atoms with Gasteiger partial charge < -0.3 is 14.4 Å². The molecular formula is C9H10INO6. The van der Waals surface area contributed by atoms with Gasteiger partial charge in [-0.25, -0.2) is 9.59 Å². The van der Waals surface area contributed by atoms with Gasteiger partial charge >= 0.3 is 17.8 Å². The Morgan fingerprint density at radius 1 is 1.12 bits per heavy atom. The van der Waals surface area contributed by atoms with E-state index in [0.717, 1.165) is 12.0 Å². The third kappa shape index (κ3) is 2.56. The van der Waals surface area contributed by atoms with Crippen molar-refractivity contribution in [1.82, 2.24) is 4.90 Å². The minimum Gasteiger partial charge on any atom is -0.467 e. The fourth-order valence-electron chi connectivity index (χ4n) is 1.54. The fraction of sp³-hybridized carbons (Fsp3) is 0.556. The van der Waals surface area contributed by atoms with Crippen LogP contribution in [0.3, 0.4) is 0 Å². The summed E-state index contributed by atoms with van der Waals surface area (Å²) in [5.41, 5.74) is 0. The van der Waals surface area contributed by atoms with Crippen LogP contribution < -0.4 is 0 Å². The zero-order chi connectivity index (χ0) is 13.2. The summed E-state index contributed by atoms with van der Waals surface area (Å²) in [5, 5.41) is 0. The van der Waals surface area contributed by atoms with Crippen LogP contribution in [0, 0.1) is 0 Å². The number of halogens is 1. The number of nitrogens with zero attached hydrogens (tertiary/aromatic N) is 1. The minimum atomic E-state index is -1.11. The highest BCUT2D eigenvalue weighted by molar-refractivity contribution is 14.1. The lowest BCUT2D eigenvalue weighted by Crippen LogP contribution is -2.65. The van der Waals surface area contributed by atoms with Gasteiger partial charge in [-0.1, -0.05) is 0 Å². The van der Waals surface area contributed by atoms with Gasteiger partial charge in [0.2, 0.25) is 3.79 Å². The summed E-state index contributed by atoms with van der Waals surface area (Å²) in [6.07, 6.45) is 0.164. The van der Waals surface area contributed by atoms with E-state index in [-0.39, 0.29) is 10.2 Å². The normalized spacial score (nSPS) is 22.4. The number of carbonyl (C=O) groups excluding carboxylic acids is 4. The molecule has 17 heavy (non-hydrogen) atoms. The molecule has 1 aliphatic heterocycles. The van der Waals surface area contributed by atoms with Gasteiger partial charge in [0.15, 0.2) is 0 Å². The molecule has 94 valence electrons. The van der Waals surface area contributed by atoms with Crippen LogP contribution in [0.2, 0.25) is 0 Å². The van der Waals surface area contributed by atoms with E-state index in [9.17, 15) is 19.2 Å². The summed E-state index contributed by atoms with van der Waals surface area (Å²) in [4.78, 5) is 46.1. The van der Waals surface area contributed by atoms with Crippen molar-refractivity contribution in [2.75, 3.05) is 14.2 Å². The number of carbonyl (C=O) groups is 4. The number of esters is 2. The maximum absolute atomic E-state index is 11.6. The molecule has 0 aliphatic carbocycles. The van der Waals surface area contributed by atoms with Crippen molar-refractivity contribution in [3.63, 3.8) is 0 Å². The molecule has 0 radical (unpaired) electrons. The lowest BCUT2D eigenvalue weighted by Gasteiger charge is -2.43. The van der Waals surface area contributed by atoms with E-state index in [1.807, 2.05) is 0 Å². The molecule has 1 aliphatic rings. The zero-order valence-electron chi connectivity index (χ0n) is 9.14. The molecule has 0 saturated carbocycles. The lowest BCUT2D eigenvalue weighted by molar-refractivity contribution is -0.173. The topological polar surface area (TPSA) is 90.0 Å². The van der Waals surface area contributed by atoms with E-state index in [0.29, 0.717) is 0 Å². The second-order valence-electron chi connectivity index (χ2n) is 3.30. The van der Waals surface area contributed by atoms with E-state index in [1.54, 1.807) is 0 Å². The third-order valence-corrected chi connectivity index (χ3v) is 3.17. The van der Waals surface area contributed by atoms with Crippen LogP contribution in [0.5, 0.6) is 0 Å². The molecule has 1 saturated heterocycles. The molecule has 0 unspecified atom stereocenters. The van der Waals surface area contributed by atoms with Gasteiger partial charge in [-0.05, 0) is 0 Å². The number of hydrogen-bond acceptors (Lipinski definition) is 6. The van der Waals surface area contributed by atoms with Crippen molar-refractivity contribution in [3.05, 3.63) is 0 Å². The Kier molecular flexibility index (Phi) is 4.43. The van der Waals surface area contributed by atoms with E-state index < -0.39 is 29.9 Å². The number of amides is 1. The van der Waals surface area contributed by atoms with Crippen molar-refractivity contribution in [2.45, 2.75) is 18.5 Å². The standard InChI is InChI=1S/C9H10INO6/c1-16-8(14)5-3-4(6(10)12)11(5)7(13)9(15)17-2/h4-5H,3H2,1-2H3/t4-,5-/m0/s1. The number of rotatable bonds is 2. The number of likely N-dealkylation sites (tertiary alicyclic amines) is 1. The van der Waals surface area contributed by atoms with Crippen molar-refractivity contribution < 1.29 is 28.7 Å². The van der Waals surface area contributed by atoms with Gasteiger partial charge in [0, 0.05) is 29.0 Å². The van der Waals surface area contributed by atoms with Crippen molar-refractivity contribution in [3.8, 4) is 0 Å². The highest BCUT2D eigenvalue weighted by Gasteiger charge is 2.51. The van der Waals surface area contributed by atoms with Crippen molar-refractivity contribution in [2.24, 2.45) is 0 Å². The Morgan fingerprint density at radius 3 is 2.12 bits per heavy atom. The van der Waals surface area contributed by atoms with Crippen LogP contribution in [0.25, 0.3) is 0 Å². The molecule has 8 heteroatoms. The molecule has 1 heterocycles. The molecule has 1 fully saturated rings. The predicted molar refractivity (Wildman–Crippen MR) is 62.1 cm³/mol. The molecule has 7 nitrogen and oxygen atoms in total. The zero-order valence-corrected chi connectivity index (χ0v) is 11.3. The molecule has 0 aromatic heterocycles. The monoisotopic (exact) mass is 355 g/mol. The van der Waals surface area contributed by atoms with Crippen LogP contribution in [0.4, 0.5) is 0 Å². The summed E-state index contributed by atoms with van der Waals surface area (Å²) in [6.45, 7) is 0. The quantitative estimate of drug-likeness (QED) is 0.281. The molecule has 0 aromatic carbocycles. The van der Waals surface area contributed by atoms with Crippen LogP contribution in [0.1, 0.15) is 6.42 Å². The van der Waals surface area contributed by atoms with Crippen LogP contribution in [-0.2, 0) is 28.7 Å². The molecule has 0 bridgehead atoms. The van der Waals surface area contributed by atoms with Gasteiger partial charge in [-0.2, -0.15) is 0 Å². The molecule has 2 atom stereocenters. The minimum absolute atomic E-state index is 0.164. The third-order valence-electron chi connectivity index (χ3n) is 2.45. The molecule has 0 N–H and O–H groups in total. The Balaban J connectivity index is 2.87. The lowest BCUT2D eigenvalue weighted by atomic mass is 9.93. The van der Waals surface area contributed by atoms with Gasteiger partial charge in [0.05, 0.1) is 14.2 Å². The number of methoxy groups -OCH3 is 2. The largest absolute Gasteiger partial charge is 0.467 e. The summed E-state index contributed by atoms with van der Waals surface area (Å²) in [6, 6.07) is -1.67. The van der Waals surface area contributed by atoms with E-state index in [1.165, 1.54) is 29.7 Å². The average molecular weight is 355 g/mol.